The molecule has 0 radical (unpaired) electrons. The maximum absolute atomic E-state index is 12.2. The van der Waals surface area contributed by atoms with Gasteiger partial charge in [0.05, 0.1) is 11.8 Å². The van der Waals surface area contributed by atoms with Crippen molar-refractivity contribution in [1.29, 1.82) is 0 Å². The first-order valence-corrected chi connectivity index (χ1v) is 8.94. The molecule has 0 saturated carbocycles. The molecule has 4 rings (SSSR count). The molecule has 2 aromatic heterocycles. The Morgan fingerprint density at radius 2 is 1.79 bits per heavy atom. The number of anilines is 1. The monoisotopic (exact) mass is 391 g/mol. The minimum Gasteiger partial charge on any atom is -0.395 e. The minimum atomic E-state index is -0.700. The van der Waals surface area contributed by atoms with Gasteiger partial charge in [0.25, 0.3) is 5.91 Å². The Morgan fingerprint density at radius 1 is 1.07 bits per heavy atom. The fourth-order valence-corrected chi connectivity index (χ4v) is 2.84. The number of amides is 1. The number of nitrogens with one attached hydrogen (secondary N) is 1. The van der Waals surface area contributed by atoms with Gasteiger partial charge in [-0.1, -0.05) is 26.0 Å². The second kappa shape index (κ2) is 7.19. The van der Waals surface area contributed by atoms with Gasteiger partial charge in [-0.25, -0.2) is 0 Å². The van der Waals surface area contributed by atoms with Crippen molar-refractivity contribution < 1.29 is 14.1 Å². The van der Waals surface area contributed by atoms with Gasteiger partial charge in [-0.2, -0.15) is 4.80 Å². The highest BCUT2D eigenvalue weighted by Crippen LogP contribution is 2.21. The van der Waals surface area contributed by atoms with Gasteiger partial charge in [-0.3, -0.25) is 14.9 Å². The van der Waals surface area contributed by atoms with Gasteiger partial charge in [0, 0.05) is 5.69 Å². The third-order valence-corrected chi connectivity index (χ3v) is 4.42. The van der Waals surface area contributed by atoms with Crippen LogP contribution in [0.4, 0.5) is 11.6 Å². The molecule has 2 aromatic carbocycles. The van der Waals surface area contributed by atoms with Gasteiger partial charge in [0.1, 0.15) is 16.0 Å². The standard InChI is InChI=1S/C20H17N5O4/c1-12(2)13-3-6-15(7-4-13)24-22-16-8-5-14(11-17(16)23-24)21-20(26)18-9-10-19(29-18)25(27)28/h3-12H,1-2H3,(H,21,26). The van der Waals surface area contributed by atoms with Crippen LogP contribution in [0.1, 0.15) is 35.9 Å². The lowest BCUT2D eigenvalue weighted by Crippen LogP contribution is -2.10. The van der Waals surface area contributed by atoms with E-state index in [1.807, 2.05) is 24.3 Å². The van der Waals surface area contributed by atoms with Crippen molar-refractivity contribution >= 4 is 28.5 Å². The second-order valence-electron chi connectivity index (χ2n) is 6.79. The average Bonchev–Trinajstić information content (AvgIpc) is 3.35. The smallest absolute Gasteiger partial charge is 0.395 e. The Morgan fingerprint density at radius 3 is 2.45 bits per heavy atom. The normalized spacial score (nSPS) is 11.1. The van der Waals surface area contributed by atoms with Gasteiger partial charge >= 0.3 is 5.88 Å². The summed E-state index contributed by atoms with van der Waals surface area (Å²) in [6, 6.07) is 15.5. The topological polar surface area (TPSA) is 116 Å². The number of fused-ring (bicyclic) bond motifs is 1. The van der Waals surface area contributed by atoms with Crippen LogP contribution in [0.15, 0.2) is 59.0 Å². The molecule has 9 heteroatoms. The van der Waals surface area contributed by atoms with Gasteiger partial charge in [0.2, 0.25) is 0 Å². The van der Waals surface area contributed by atoms with Crippen molar-refractivity contribution in [2.75, 3.05) is 5.32 Å². The molecule has 2 heterocycles. The molecule has 0 aliphatic rings. The Bertz CT molecular complexity index is 1210. The number of hydrogen-bond acceptors (Lipinski definition) is 6. The number of carbonyl (C=O) groups excluding carboxylic acids is 1. The molecule has 9 nitrogen and oxygen atoms in total. The van der Waals surface area contributed by atoms with E-state index in [1.54, 1.807) is 18.2 Å². The van der Waals surface area contributed by atoms with E-state index in [0.29, 0.717) is 22.6 Å². The average molecular weight is 391 g/mol. The summed E-state index contributed by atoms with van der Waals surface area (Å²) < 4.78 is 4.91. The van der Waals surface area contributed by atoms with Gasteiger partial charge in [-0.15, -0.1) is 10.2 Å². The van der Waals surface area contributed by atoms with E-state index in [-0.39, 0.29) is 5.76 Å². The molecule has 0 aliphatic carbocycles. The van der Waals surface area contributed by atoms with E-state index in [1.165, 1.54) is 16.4 Å². The molecule has 29 heavy (non-hydrogen) atoms. The molecule has 0 atom stereocenters. The van der Waals surface area contributed by atoms with Crippen molar-refractivity contribution in [2.24, 2.45) is 0 Å². The number of rotatable bonds is 5. The van der Waals surface area contributed by atoms with Gasteiger partial charge in [0.15, 0.2) is 5.76 Å². The molecule has 1 amide bonds. The van der Waals surface area contributed by atoms with Crippen LogP contribution in [-0.2, 0) is 0 Å². The number of hydrogen-bond donors (Lipinski definition) is 1. The van der Waals surface area contributed by atoms with Crippen molar-refractivity contribution in [3.05, 3.63) is 76.0 Å². The second-order valence-corrected chi connectivity index (χ2v) is 6.79. The van der Waals surface area contributed by atoms with Crippen LogP contribution >= 0.6 is 0 Å². The zero-order chi connectivity index (χ0) is 20.5. The van der Waals surface area contributed by atoms with E-state index in [2.05, 4.69) is 29.4 Å². The molecule has 4 aromatic rings. The zero-order valence-corrected chi connectivity index (χ0v) is 15.7. The molecule has 0 fully saturated rings. The lowest BCUT2D eigenvalue weighted by atomic mass is 10.0. The van der Waals surface area contributed by atoms with Crippen LogP contribution in [0, 0.1) is 10.1 Å². The molecule has 1 N–H and O–H groups in total. The number of carbonyl (C=O) groups is 1. The van der Waals surface area contributed by atoms with Crippen LogP contribution in [-0.4, -0.2) is 25.8 Å². The number of furan rings is 1. The first-order valence-electron chi connectivity index (χ1n) is 8.94. The SMILES string of the molecule is CC(C)c1ccc(-n2nc3ccc(NC(=O)c4ccc([N+](=O)[O-])o4)cc3n2)cc1. The maximum atomic E-state index is 12.2. The third kappa shape index (κ3) is 3.70. The fourth-order valence-electron chi connectivity index (χ4n) is 2.84. The molecule has 0 spiro atoms. The summed E-state index contributed by atoms with van der Waals surface area (Å²) in [7, 11) is 0. The van der Waals surface area contributed by atoms with E-state index in [0.717, 1.165) is 11.8 Å². The Hall–Kier alpha value is -4.01. The summed E-state index contributed by atoms with van der Waals surface area (Å²) in [5, 5.41) is 22.2. The van der Waals surface area contributed by atoms with E-state index in [4.69, 9.17) is 4.42 Å². The van der Waals surface area contributed by atoms with E-state index in [9.17, 15) is 14.9 Å². The predicted octanol–water partition coefficient (Wildman–Crippen LogP) is 4.30. The Kier molecular flexibility index (Phi) is 4.55. The highest BCUT2D eigenvalue weighted by molar-refractivity contribution is 6.03. The van der Waals surface area contributed by atoms with Crippen molar-refractivity contribution in [3.63, 3.8) is 0 Å². The quantitative estimate of drug-likeness (QED) is 0.400. The molecule has 0 unspecified atom stereocenters. The molecule has 0 aliphatic heterocycles. The summed E-state index contributed by atoms with van der Waals surface area (Å²) in [5.41, 5.74) is 3.81. The highest BCUT2D eigenvalue weighted by atomic mass is 16.6. The first-order chi connectivity index (χ1) is 13.9. The number of benzene rings is 2. The fraction of sp³-hybridized carbons (Fsp3) is 0.150. The third-order valence-electron chi connectivity index (χ3n) is 4.42. The van der Waals surface area contributed by atoms with Crippen LogP contribution in [0.2, 0.25) is 0 Å². The molecule has 146 valence electrons. The van der Waals surface area contributed by atoms with Crippen LogP contribution in [0.25, 0.3) is 16.7 Å². The summed E-state index contributed by atoms with van der Waals surface area (Å²) in [5.74, 6) is -0.785. The maximum Gasteiger partial charge on any atom is 0.433 e. The molecule has 0 bridgehead atoms. The van der Waals surface area contributed by atoms with E-state index >= 15 is 0 Å². The predicted molar refractivity (Wildman–Crippen MR) is 106 cm³/mol. The Labute approximate surface area is 165 Å². The van der Waals surface area contributed by atoms with Gasteiger partial charge in [-0.05, 0) is 47.9 Å². The summed E-state index contributed by atoms with van der Waals surface area (Å²) >= 11 is 0. The van der Waals surface area contributed by atoms with Crippen LogP contribution < -0.4 is 5.32 Å². The number of nitrogens with zero attached hydrogens (tertiary/aromatic N) is 4. The number of nitro groups is 1. The van der Waals surface area contributed by atoms with Gasteiger partial charge < -0.3 is 9.73 Å². The van der Waals surface area contributed by atoms with Crippen LogP contribution in [0.3, 0.4) is 0 Å². The molecule has 0 saturated heterocycles. The summed E-state index contributed by atoms with van der Waals surface area (Å²) in [4.78, 5) is 23.7. The molecular formula is C20H17N5O4. The Balaban J connectivity index is 1.56. The lowest BCUT2D eigenvalue weighted by molar-refractivity contribution is -0.402. The van der Waals surface area contributed by atoms with Crippen molar-refractivity contribution in [2.45, 2.75) is 19.8 Å². The van der Waals surface area contributed by atoms with Crippen molar-refractivity contribution in [3.8, 4) is 5.69 Å². The largest absolute Gasteiger partial charge is 0.433 e. The number of aromatic nitrogens is 3. The highest BCUT2D eigenvalue weighted by Gasteiger charge is 2.17. The molecular weight excluding hydrogens is 374 g/mol. The zero-order valence-electron chi connectivity index (χ0n) is 15.7. The first kappa shape index (κ1) is 18.4. The lowest BCUT2D eigenvalue weighted by Gasteiger charge is -2.05. The van der Waals surface area contributed by atoms with Crippen LogP contribution in [0.5, 0.6) is 0 Å². The summed E-state index contributed by atoms with van der Waals surface area (Å²) in [6.07, 6.45) is 0. The van der Waals surface area contributed by atoms with E-state index < -0.39 is 16.7 Å². The minimum absolute atomic E-state index is 0.148. The summed E-state index contributed by atoms with van der Waals surface area (Å²) in [6.45, 7) is 4.26. The van der Waals surface area contributed by atoms with Crippen molar-refractivity contribution in [1.82, 2.24) is 15.0 Å².